The van der Waals surface area contributed by atoms with Crippen LogP contribution in [0.3, 0.4) is 0 Å². The van der Waals surface area contributed by atoms with E-state index in [1.54, 1.807) is 6.92 Å². The van der Waals surface area contributed by atoms with Crippen molar-refractivity contribution in [3.63, 3.8) is 0 Å². The molecule has 1 rings (SSSR count). The molecule has 1 unspecified atom stereocenters. The third-order valence-corrected chi connectivity index (χ3v) is 3.31. The fourth-order valence-electron chi connectivity index (χ4n) is 1.15. The molecule has 0 aliphatic carbocycles. The molecule has 0 radical (unpaired) electrons. The summed E-state index contributed by atoms with van der Waals surface area (Å²) in [6.45, 7) is 5.35. The molecule has 78 valence electrons. The molecule has 0 heterocycles. The molecule has 0 aromatic heterocycles. The molecule has 1 aromatic rings. The van der Waals surface area contributed by atoms with Crippen molar-refractivity contribution in [3.8, 4) is 5.75 Å². The van der Waals surface area contributed by atoms with E-state index >= 15 is 0 Å². The number of rotatable bonds is 3. The van der Waals surface area contributed by atoms with Gasteiger partial charge in [-0.15, -0.1) is 0 Å². The summed E-state index contributed by atoms with van der Waals surface area (Å²) in [5.41, 5.74) is 1.76. The van der Waals surface area contributed by atoms with Gasteiger partial charge >= 0.3 is 7.60 Å². The Balaban J connectivity index is 3.03. The van der Waals surface area contributed by atoms with E-state index in [4.69, 9.17) is 4.52 Å². The van der Waals surface area contributed by atoms with E-state index < -0.39 is 7.60 Å². The Bertz CT molecular complexity index is 353. The van der Waals surface area contributed by atoms with Gasteiger partial charge in [0.15, 0.2) is 0 Å². The molecular formula is C10H15O3P. The summed E-state index contributed by atoms with van der Waals surface area (Å²) in [4.78, 5) is 9.36. The van der Waals surface area contributed by atoms with Gasteiger partial charge in [-0.2, -0.15) is 0 Å². The van der Waals surface area contributed by atoms with E-state index in [2.05, 4.69) is 0 Å². The Morgan fingerprint density at radius 1 is 1.36 bits per heavy atom. The van der Waals surface area contributed by atoms with Crippen LogP contribution in [0.5, 0.6) is 5.75 Å². The van der Waals surface area contributed by atoms with Crippen molar-refractivity contribution in [3.05, 3.63) is 29.3 Å². The maximum atomic E-state index is 11.4. The van der Waals surface area contributed by atoms with Crippen molar-refractivity contribution >= 4 is 7.60 Å². The van der Waals surface area contributed by atoms with Gasteiger partial charge in [-0.3, -0.25) is 0 Å². The minimum absolute atomic E-state index is 0.126. The van der Waals surface area contributed by atoms with Crippen LogP contribution in [0.1, 0.15) is 18.1 Å². The van der Waals surface area contributed by atoms with Crippen LogP contribution in [0.25, 0.3) is 0 Å². The number of aryl methyl sites for hydroxylation is 2. The SMILES string of the molecule is CCP(=O)(O)Oc1c(C)cccc1C. The van der Waals surface area contributed by atoms with Crippen molar-refractivity contribution in [2.75, 3.05) is 6.16 Å². The minimum atomic E-state index is -3.45. The summed E-state index contributed by atoms with van der Waals surface area (Å²) in [7, 11) is -3.45. The molecule has 1 N–H and O–H groups in total. The van der Waals surface area contributed by atoms with Crippen molar-refractivity contribution < 1.29 is 14.0 Å². The molecule has 1 atom stereocenters. The molecule has 3 nitrogen and oxygen atoms in total. The highest BCUT2D eigenvalue weighted by Crippen LogP contribution is 2.43. The molecule has 0 saturated heterocycles. The summed E-state index contributed by atoms with van der Waals surface area (Å²) < 4.78 is 16.5. The Morgan fingerprint density at radius 3 is 2.29 bits per heavy atom. The first kappa shape index (κ1) is 11.3. The van der Waals surface area contributed by atoms with E-state index in [9.17, 15) is 9.46 Å². The van der Waals surface area contributed by atoms with Crippen LogP contribution < -0.4 is 4.52 Å². The summed E-state index contributed by atoms with van der Waals surface area (Å²) in [5.74, 6) is 0.528. The largest absolute Gasteiger partial charge is 0.424 e. The maximum Gasteiger partial charge on any atom is 0.376 e. The molecule has 0 bridgehead atoms. The standard InChI is InChI=1S/C10H15O3P/c1-4-14(11,12)13-10-8(2)6-5-7-9(10)3/h5-7H,4H2,1-3H3,(H,11,12). The van der Waals surface area contributed by atoms with Crippen molar-refractivity contribution in [2.45, 2.75) is 20.8 Å². The highest BCUT2D eigenvalue weighted by Gasteiger charge is 2.19. The average Bonchev–Trinajstić information content (AvgIpc) is 2.12. The van der Waals surface area contributed by atoms with E-state index in [0.29, 0.717) is 5.75 Å². The zero-order chi connectivity index (χ0) is 10.8. The van der Waals surface area contributed by atoms with Crippen LogP contribution in [0.4, 0.5) is 0 Å². The molecule has 0 aliphatic heterocycles. The first-order valence-corrected chi connectivity index (χ1v) is 6.30. The highest BCUT2D eigenvalue weighted by molar-refractivity contribution is 7.53. The monoisotopic (exact) mass is 214 g/mol. The molecule has 14 heavy (non-hydrogen) atoms. The Morgan fingerprint density at radius 2 is 1.86 bits per heavy atom. The average molecular weight is 214 g/mol. The lowest BCUT2D eigenvalue weighted by atomic mass is 10.1. The molecule has 0 saturated carbocycles. The summed E-state index contributed by atoms with van der Waals surface area (Å²) in [6.07, 6.45) is 0.126. The van der Waals surface area contributed by atoms with Gasteiger partial charge in [0.2, 0.25) is 0 Å². The Hall–Kier alpha value is -0.790. The first-order chi connectivity index (χ1) is 6.46. The Kier molecular flexibility index (Phi) is 3.35. The van der Waals surface area contributed by atoms with Crippen LogP contribution in [0, 0.1) is 13.8 Å². The van der Waals surface area contributed by atoms with Crippen LogP contribution in [0.2, 0.25) is 0 Å². The van der Waals surface area contributed by atoms with Crippen molar-refractivity contribution in [1.29, 1.82) is 0 Å². The lowest BCUT2D eigenvalue weighted by molar-refractivity contribution is 0.379. The molecule has 0 amide bonds. The van der Waals surface area contributed by atoms with Crippen molar-refractivity contribution in [1.82, 2.24) is 0 Å². The minimum Gasteiger partial charge on any atom is -0.424 e. The maximum absolute atomic E-state index is 11.4. The van der Waals surface area contributed by atoms with E-state index in [-0.39, 0.29) is 6.16 Å². The van der Waals surface area contributed by atoms with Gasteiger partial charge in [-0.05, 0) is 25.0 Å². The van der Waals surface area contributed by atoms with Gasteiger partial charge in [-0.25, -0.2) is 4.57 Å². The quantitative estimate of drug-likeness (QED) is 0.787. The molecule has 4 heteroatoms. The Labute approximate surface area is 84.3 Å². The molecule has 0 aliphatic rings. The number of hydrogen-bond acceptors (Lipinski definition) is 2. The fraction of sp³-hybridized carbons (Fsp3) is 0.400. The van der Waals surface area contributed by atoms with Gasteiger partial charge in [0, 0.05) is 0 Å². The molecular weight excluding hydrogens is 199 g/mol. The first-order valence-electron chi connectivity index (χ1n) is 4.54. The fourth-order valence-corrected chi connectivity index (χ4v) is 1.85. The van der Waals surface area contributed by atoms with Gasteiger partial charge < -0.3 is 9.42 Å². The molecule has 1 aromatic carbocycles. The van der Waals surface area contributed by atoms with Gasteiger partial charge in [0.25, 0.3) is 0 Å². The van der Waals surface area contributed by atoms with E-state index in [1.807, 2.05) is 32.0 Å². The van der Waals surface area contributed by atoms with Gasteiger partial charge in [0.1, 0.15) is 5.75 Å². The lowest BCUT2D eigenvalue weighted by Gasteiger charge is -2.15. The normalized spacial score (nSPS) is 14.9. The number of para-hydroxylation sites is 1. The van der Waals surface area contributed by atoms with Crippen LogP contribution in [-0.4, -0.2) is 11.1 Å². The van der Waals surface area contributed by atoms with Crippen LogP contribution in [0.15, 0.2) is 18.2 Å². The zero-order valence-corrected chi connectivity index (χ0v) is 9.54. The van der Waals surface area contributed by atoms with Crippen LogP contribution in [-0.2, 0) is 4.57 Å². The van der Waals surface area contributed by atoms with Gasteiger partial charge in [0.05, 0.1) is 6.16 Å². The van der Waals surface area contributed by atoms with E-state index in [1.165, 1.54) is 0 Å². The number of hydrogen-bond donors (Lipinski definition) is 1. The summed E-state index contributed by atoms with van der Waals surface area (Å²) in [6, 6.07) is 5.61. The topological polar surface area (TPSA) is 46.5 Å². The smallest absolute Gasteiger partial charge is 0.376 e. The zero-order valence-electron chi connectivity index (χ0n) is 8.65. The summed E-state index contributed by atoms with van der Waals surface area (Å²) in [5, 5.41) is 0. The van der Waals surface area contributed by atoms with Gasteiger partial charge in [-0.1, -0.05) is 25.1 Å². The second-order valence-corrected chi connectivity index (χ2v) is 5.36. The van der Waals surface area contributed by atoms with E-state index in [0.717, 1.165) is 11.1 Å². The predicted molar refractivity (Wildman–Crippen MR) is 56.9 cm³/mol. The highest BCUT2D eigenvalue weighted by atomic mass is 31.2. The summed E-state index contributed by atoms with van der Waals surface area (Å²) >= 11 is 0. The third kappa shape index (κ3) is 2.60. The van der Waals surface area contributed by atoms with Crippen LogP contribution >= 0.6 is 7.60 Å². The predicted octanol–water partition coefficient (Wildman–Crippen LogP) is 2.89. The second-order valence-electron chi connectivity index (χ2n) is 3.27. The number of benzene rings is 1. The molecule has 0 fully saturated rings. The third-order valence-electron chi connectivity index (χ3n) is 2.04. The van der Waals surface area contributed by atoms with Crippen molar-refractivity contribution in [2.24, 2.45) is 0 Å². The molecule has 0 spiro atoms. The second kappa shape index (κ2) is 4.16. The lowest BCUT2D eigenvalue weighted by Crippen LogP contribution is -1.97.